The number of rotatable bonds is 0. The van der Waals surface area contributed by atoms with E-state index in [1.54, 1.807) is 0 Å². The quantitative estimate of drug-likeness (QED) is 0.630. The number of halogens is 1. The van der Waals surface area contributed by atoms with Gasteiger partial charge >= 0.3 is 0 Å². The van der Waals surface area contributed by atoms with E-state index in [-0.39, 0.29) is 0 Å². The monoisotopic (exact) mass is 200 g/mol. The SMILES string of the molecule is Cc1cc(N)c(Br)cc1N. The molecule has 0 atom stereocenters. The molecule has 0 aromatic heterocycles. The smallest absolute Gasteiger partial charge is 0.0462 e. The third-order valence-electron chi connectivity index (χ3n) is 1.39. The van der Waals surface area contributed by atoms with Gasteiger partial charge in [0.25, 0.3) is 0 Å². The number of benzene rings is 1. The third kappa shape index (κ3) is 1.24. The van der Waals surface area contributed by atoms with E-state index in [1.807, 2.05) is 19.1 Å². The van der Waals surface area contributed by atoms with Crippen molar-refractivity contribution in [3.8, 4) is 0 Å². The highest BCUT2D eigenvalue weighted by Gasteiger charge is 1.98. The third-order valence-corrected chi connectivity index (χ3v) is 2.07. The molecular weight excluding hydrogens is 192 g/mol. The van der Waals surface area contributed by atoms with E-state index in [0.29, 0.717) is 0 Å². The molecule has 0 fully saturated rings. The molecule has 0 aliphatic heterocycles. The summed E-state index contributed by atoms with van der Waals surface area (Å²) in [6.45, 7) is 1.93. The first kappa shape index (κ1) is 7.41. The molecule has 1 rings (SSSR count). The van der Waals surface area contributed by atoms with E-state index in [9.17, 15) is 0 Å². The summed E-state index contributed by atoms with van der Waals surface area (Å²) in [6, 6.07) is 3.66. The molecule has 0 saturated heterocycles. The van der Waals surface area contributed by atoms with Crippen LogP contribution in [-0.2, 0) is 0 Å². The first-order valence-corrected chi connectivity index (χ1v) is 3.71. The summed E-state index contributed by atoms with van der Waals surface area (Å²) in [6.07, 6.45) is 0. The Morgan fingerprint density at radius 1 is 1.20 bits per heavy atom. The van der Waals surface area contributed by atoms with E-state index >= 15 is 0 Å². The molecule has 3 heteroatoms. The van der Waals surface area contributed by atoms with Gasteiger partial charge in [-0.15, -0.1) is 0 Å². The average molecular weight is 201 g/mol. The van der Waals surface area contributed by atoms with Crippen molar-refractivity contribution in [1.82, 2.24) is 0 Å². The Bertz CT molecular complexity index is 208. The first-order chi connectivity index (χ1) is 4.61. The van der Waals surface area contributed by atoms with Gasteiger partial charge in [-0.3, -0.25) is 0 Å². The maximum atomic E-state index is 5.60. The number of aryl methyl sites for hydroxylation is 1. The summed E-state index contributed by atoms with van der Waals surface area (Å²) in [5, 5.41) is 0. The topological polar surface area (TPSA) is 52.0 Å². The Kier molecular flexibility index (Phi) is 1.85. The Morgan fingerprint density at radius 3 is 2.30 bits per heavy atom. The molecule has 0 radical (unpaired) electrons. The molecule has 10 heavy (non-hydrogen) atoms. The van der Waals surface area contributed by atoms with Crippen molar-refractivity contribution in [1.29, 1.82) is 0 Å². The van der Waals surface area contributed by atoms with Crippen LogP contribution in [0.5, 0.6) is 0 Å². The number of anilines is 2. The van der Waals surface area contributed by atoms with Crippen LogP contribution in [0.2, 0.25) is 0 Å². The molecular formula is C7H9BrN2. The van der Waals surface area contributed by atoms with Crippen molar-refractivity contribution >= 4 is 27.3 Å². The zero-order valence-electron chi connectivity index (χ0n) is 5.69. The van der Waals surface area contributed by atoms with Gasteiger partial charge in [-0.25, -0.2) is 0 Å². The fraction of sp³-hybridized carbons (Fsp3) is 0.143. The molecule has 4 N–H and O–H groups in total. The fourth-order valence-electron chi connectivity index (χ4n) is 0.719. The van der Waals surface area contributed by atoms with Gasteiger partial charge in [0.2, 0.25) is 0 Å². The molecule has 0 amide bonds. The van der Waals surface area contributed by atoms with Gasteiger partial charge in [-0.1, -0.05) is 0 Å². The van der Waals surface area contributed by atoms with Crippen molar-refractivity contribution in [2.24, 2.45) is 0 Å². The highest BCUT2D eigenvalue weighted by atomic mass is 79.9. The van der Waals surface area contributed by atoms with Gasteiger partial charge < -0.3 is 11.5 Å². The van der Waals surface area contributed by atoms with Crippen molar-refractivity contribution in [2.75, 3.05) is 11.5 Å². The molecule has 0 unspecified atom stereocenters. The number of nitrogens with two attached hydrogens (primary N) is 2. The second kappa shape index (κ2) is 2.50. The van der Waals surface area contributed by atoms with Crippen LogP contribution in [-0.4, -0.2) is 0 Å². The number of nitrogen functional groups attached to an aromatic ring is 2. The Morgan fingerprint density at radius 2 is 1.80 bits per heavy atom. The van der Waals surface area contributed by atoms with E-state index < -0.39 is 0 Å². The molecule has 2 nitrogen and oxygen atoms in total. The van der Waals surface area contributed by atoms with Gasteiger partial charge in [-0.2, -0.15) is 0 Å². The van der Waals surface area contributed by atoms with Crippen molar-refractivity contribution < 1.29 is 0 Å². The van der Waals surface area contributed by atoms with Gasteiger partial charge in [0.15, 0.2) is 0 Å². The lowest BCUT2D eigenvalue weighted by atomic mass is 10.2. The van der Waals surface area contributed by atoms with Crippen LogP contribution in [0.1, 0.15) is 5.56 Å². The molecule has 1 aromatic carbocycles. The van der Waals surface area contributed by atoms with E-state index in [4.69, 9.17) is 11.5 Å². The molecule has 0 aliphatic carbocycles. The van der Waals surface area contributed by atoms with Crippen LogP contribution >= 0.6 is 15.9 Å². The standard InChI is InChI=1S/C7H9BrN2/c1-4-2-7(10)5(8)3-6(4)9/h2-3H,9-10H2,1H3. The zero-order valence-corrected chi connectivity index (χ0v) is 7.27. The van der Waals surface area contributed by atoms with E-state index in [2.05, 4.69) is 15.9 Å². The lowest BCUT2D eigenvalue weighted by Gasteiger charge is -2.02. The first-order valence-electron chi connectivity index (χ1n) is 2.92. The Balaban J connectivity index is 3.28. The van der Waals surface area contributed by atoms with Crippen LogP contribution in [0.4, 0.5) is 11.4 Å². The number of hydrogen-bond acceptors (Lipinski definition) is 2. The highest BCUT2D eigenvalue weighted by Crippen LogP contribution is 2.24. The minimum absolute atomic E-state index is 0.728. The van der Waals surface area contributed by atoms with Crippen molar-refractivity contribution in [3.05, 3.63) is 22.2 Å². The lowest BCUT2D eigenvalue weighted by Crippen LogP contribution is -1.93. The lowest BCUT2D eigenvalue weighted by molar-refractivity contribution is 1.46. The predicted octanol–water partition coefficient (Wildman–Crippen LogP) is 1.92. The van der Waals surface area contributed by atoms with Gasteiger partial charge in [-0.05, 0) is 40.5 Å². The van der Waals surface area contributed by atoms with Crippen LogP contribution in [0.15, 0.2) is 16.6 Å². The zero-order chi connectivity index (χ0) is 7.72. The van der Waals surface area contributed by atoms with Crippen LogP contribution in [0.3, 0.4) is 0 Å². The number of hydrogen-bond donors (Lipinski definition) is 2. The van der Waals surface area contributed by atoms with Gasteiger partial charge in [0.05, 0.1) is 0 Å². The molecule has 0 heterocycles. The van der Waals surface area contributed by atoms with Crippen LogP contribution < -0.4 is 11.5 Å². The Hall–Kier alpha value is -0.700. The average Bonchev–Trinajstić information content (AvgIpc) is 1.84. The molecule has 1 aromatic rings. The highest BCUT2D eigenvalue weighted by molar-refractivity contribution is 9.10. The predicted molar refractivity (Wildman–Crippen MR) is 47.7 cm³/mol. The summed E-state index contributed by atoms with van der Waals surface area (Å²) in [5.74, 6) is 0. The second-order valence-electron chi connectivity index (χ2n) is 2.23. The maximum absolute atomic E-state index is 5.60. The molecule has 0 saturated carbocycles. The van der Waals surface area contributed by atoms with Gasteiger partial charge in [0, 0.05) is 15.8 Å². The maximum Gasteiger partial charge on any atom is 0.0462 e. The second-order valence-corrected chi connectivity index (χ2v) is 3.08. The van der Waals surface area contributed by atoms with Crippen LogP contribution in [0.25, 0.3) is 0 Å². The van der Waals surface area contributed by atoms with Crippen molar-refractivity contribution in [3.63, 3.8) is 0 Å². The summed E-state index contributed by atoms with van der Waals surface area (Å²) in [5.41, 5.74) is 13.7. The summed E-state index contributed by atoms with van der Waals surface area (Å²) >= 11 is 3.28. The minimum atomic E-state index is 0.728. The van der Waals surface area contributed by atoms with E-state index in [0.717, 1.165) is 21.4 Å². The summed E-state index contributed by atoms with van der Waals surface area (Å²) in [4.78, 5) is 0. The molecule has 54 valence electrons. The van der Waals surface area contributed by atoms with Crippen molar-refractivity contribution in [2.45, 2.75) is 6.92 Å². The minimum Gasteiger partial charge on any atom is -0.398 e. The molecule has 0 aliphatic rings. The Labute approximate surface area is 68.3 Å². The summed E-state index contributed by atoms with van der Waals surface area (Å²) < 4.78 is 0.857. The van der Waals surface area contributed by atoms with Gasteiger partial charge in [0.1, 0.15) is 0 Å². The summed E-state index contributed by atoms with van der Waals surface area (Å²) in [7, 11) is 0. The van der Waals surface area contributed by atoms with E-state index in [1.165, 1.54) is 0 Å². The molecule has 0 bridgehead atoms. The largest absolute Gasteiger partial charge is 0.398 e. The normalized spacial score (nSPS) is 9.80. The fourth-order valence-corrected chi connectivity index (χ4v) is 1.08. The van der Waals surface area contributed by atoms with Crippen LogP contribution in [0, 0.1) is 6.92 Å². The molecule has 0 spiro atoms.